The molecule has 3 rings (SSSR count). The average molecular weight is 233 g/mol. The first kappa shape index (κ1) is 11.1. The van der Waals surface area contributed by atoms with Crippen LogP contribution in [0.2, 0.25) is 0 Å². The lowest BCUT2D eigenvalue weighted by Crippen LogP contribution is -2.24. The molecule has 17 heavy (non-hydrogen) atoms. The van der Waals surface area contributed by atoms with Gasteiger partial charge in [0.2, 0.25) is 0 Å². The number of aliphatic hydroxyl groups is 1. The zero-order valence-electron chi connectivity index (χ0n) is 9.92. The molecule has 2 aliphatic rings. The molecule has 1 aliphatic carbocycles. The van der Waals surface area contributed by atoms with Crippen molar-refractivity contribution in [2.45, 2.75) is 25.5 Å². The minimum absolute atomic E-state index is 0.0887. The first-order valence-electron chi connectivity index (χ1n) is 6.41. The first-order valence-corrected chi connectivity index (χ1v) is 6.41. The molecule has 1 heterocycles. The molecule has 3 unspecified atom stereocenters. The molecule has 0 spiro atoms. The Morgan fingerprint density at radius 2 is 2.12 bits per heavy atom. The fraction of sp³-hybridized carbons (Fsp3) is 0.571. The van der Waals surface area contributed by atoms with Crippen molar-refractivity contribution in [3.05, 3.63) is 29.8 Å². The van der Waals surface area contributed by atoms with E-state index >= 15 is 0 Å². The molecular weight excluding hydrogens is 214 g/mol. The van der Waals surface area contributed by atoms with Gasteiger partial charge in [-0.3, -0.25) is 4.90 Å². The van der Waals surface area contributed by atoms with Gasteiger partial charge in [-0.2, -0.15) is 0 Å². The summed E-state index contributed by atoms with van der Waals surface area (Å²) in [4.78, 5) is 2.40. The molecule has 0 bridgehead atoms. The Kier molecular flexibility index (Phi) is 2.81. The molecule has 1 aromatic carbocycles. The number of fused-ring (bicyclic) bond motifs is 1. The third kappa shape index (κ3) is 2.17. The van der Waals surface area contributed by atoms with Gasteiger partial charge >= 0.3 is 0 Å². The Balaban J connectivity index is 1.64. The third-order valence-corrected chi connectivity index (χ3v) is 4.21. The molecule has 1 aromatic rings. The van der Waals surface area contributed by atoms with E-state index < -0.39 is 0 Å². The maximum Gasteiger partial charge on any atom is 0.115 e. The van der Waals surface area contributed by atoms with E-state index in [1.807, 2.05) is 18.2 Å². The summed E-state index contributed by atoms with van der Waals surface area (Å²) < 4.78 is 0. The van der Waals surface area contributed by atoms with Gasteiger partial charge in [-0.05, 0) is 36.5 Å². The number of nitrogens with zero attached hydrogens (tertiary/aromatic N) is 1. The quantitative estimate of drug-likeness (QED) is 0.815. The SMILES string of the molecule is Oc1cccc(CN2CC3CCC(O)C3C2)c1. The van der Waals surface area contributed by atoms with Crippen LogP contribution in [0.15, 0.2) is 24.3 Å². The highest BCUT2D eigenvalue weighted by Crippen LogP contribution is 2.38. The van der Waals surface area contributed by atoms with E-state index in [9.17, 15) is 10.2 Å². The Bertz CT molecular complexity index is 407. The van der Waals surface area contributed by atoms with Gasteiger partial charge in [0.05, 0.1) is 6.10 Å². The molecule has 1 aliphatic heterocycles. The summed E-state index contributed by atoms with van der Waals surface area (Å²) in [6.45, 7) is 2.98. The second-order valence-electron chi connectivity index (χ2n) is 5.43. The molecule has 1 saturated heterocycles. The van der Waals surface area contributed by atoms with Crippen molar-refractivity contribution in [3.8, 4) is 5.75 Å². The molecule has 0 radical (unpaired) electrons. The minimum atomic E-state index is -0.0887. The van der Waals surface area contributed by atoms with Gasteiger partial charge in [0.25, 0.3) is 0 Å². The maximum absolute atomic E-state index is 9.86. The van der Waals surface area contributed by atoms with E-state index in [0.717, 1.165) is 31.6 Å². The highest BCUT2D eigenvalue weighted by molar-refractivity contribution is 5.27. The van der Waals surface area contributed by atoms with Crippen LogP contribution in [0.3, 0.4) is 0 Å². The van der Waals surface area contributed by atoms with Gasteiger partial charge in [0.15, 0.2) is 0 Å². The highest BCUT2D eigenvalue weighted by atomic mass is 16.3. The zero-order valence-corrected chi connectivity index (χ0v) is 9.92. The number of hydrogen-bond donors (Lipinski definition) is 2. The molecule has 0 amide bonds. The third-order valence-electron chi connectivity index (χ3n) is 4.21. The smallest absolute Gasteiger partial charge is 0.115 e. The molecule has 2 fully saturated rings. The van der Waals surface area contributed by atoms with Crippen molar-refractivity contribution in [2.24, 2.45) is 11.8 Å². The summed E-state index contributed by atoms with van der Waals surface area (Å²) in [5, 5.41) is 19.3. The Hall–Kier alpha value is -1.06. The standard InChI is InChI=1S/C14H19NO2/c16-12-3-1-2-10(6-12)7-15-8-11-4-5-14(17)13(11)9-15/h1-3,6,11,13-14,16-17H,4-5,7-9H2. The number of aliphatic hydroxyl groups excluding tert-OH is 1. The Morgan fingerprint density at radius 1 is 1.24 bits per heavy atom. The molecule has 3 nitrogen and oxygen atoms in total. The largest absolute Gasteiger partial charge is 0.508 e. The highest BCUT2D eigenvalue weighted by Gasteiger charge is 2.41. The second kappa shape index (κ2) is 4.31. The van der Waals surface area contributed by atoms with Crippen LogP contribution in [0.4, 0.5) is 0 Å². The van der Waals surface area contributed by atoms with Crippen molar-refractivity contribution in [2.75, 3.05) is 13.1 Å². The topological polar surface area (TPSA) is 43.7 Å². The van der Waals surface area contributed by atoms with Crippen LogP contribution >= 0.6 is 0 Å². The number of phenols is 1. The van der Waals surface area contributed by atoms with Gasteiger partial charge in [-0.25, -0.2) is 0 Å². The minimum Gasteiger partial charge on any atom is -0.508 e. The summed E-state index contributed by atoms with van der Waals surface area (Å²) in [6, 6.07) is 7.46. The number of benzene rings is 1. The Morgan fingerprint density at radius 3 is 2.88 bits per heavy atom. The molecule has 92 valence electrons. The summed E-state index contributed by atoms with van der Waals surface area (Å²) in [5.74, 6) is 1.50. The Labute approximate surface area is 102 Å². The van der Waals surface area contributed by atoms with Gasteiger partial charge in [0.1, 0.15) is 5.75 Å². The lowest BCUT2D eigenvalue weighted by molar-refractivity contribution is 0.123. The summed E-state index contributed by atoms with van der Waals surface area (Å²) in [5.41, 5.74) is 1.15. The fourth-order valence-electron chi connectivity index (χ4n) is 3.37. The fourth-order valence-corrected chi connectivity index (χ4v) is 3.37. The normalized spacial score (nSPS) is 32.9. The van der Waals surface area contributed by atoms with Crippen LogP contribution in [-0.2, 0) is 6.54 Å². The van der Waals surface area contributed by atoms with Crippen molar-refractivity contribution >= 4 is 0 Å². The van der Waals surface area contributed by atoms with E-state index in [1.165, 1.54) is 6.42 Å². The van der Waals surface area contributed by atoms with Crippen LogP contribution in [-0.4, -0.2) is 34.3 Å². The monoisotopic (exact) mass is 233 g/mol. The molecular formula is C14H19NO2. The van der Waals surface area contributed by atoms with Gasteiger partial charge in [0, 0.05) is 25.6 Å². The van der Waals surface area contributed by atoms with Crippen LogP contribution in [0, 0.1) is 11.8 Å². The van der Waals surface area contributed by atoms with Gasteiger partial charge in [-0.15, -0.1) is 0 Å². The number of phenolic OH excluding ortho intramolecular Hbond substituents is 1. The van der Waals surface area contributed by atoms with Crippen LogP contribution in [0.1, 0.15) is 18.4 Å². The van der Waals surface area contributed by atoms with E-state index in [-0.39, 0.29) is 6.10 Å². The predicted octanol–water partition coefficient (Wildman–Crippen LogP) is 1.59. The molecule has 1 saturated carbocycles. The second-order valence-corrected chi connectivity index (χ2v) is 5.43. The van der Waals surface area contributed by atoms with E-state index in [1.54, 1.807) is 6.07 Å². The van der Waals surface area contributed by atoms with Crippen molar-refractivity contribution in [1.82, 2.24) is 4.90 Å². The number of rotatable bonds is 2. The lowest BCUT2D eigenvalue weighted by atomic mass is 10.00. The van der Waals surface area contributed by atoms with E-state index in [4.69, 9.17) is 0 Å². The summed E-state index contributed by atoms with van der Waals surface area (Å²) >= 11 is 0. The summed E-state index contributed by atoms with van der Waals surface area (Å²) in [6.07, 6.45) is 2.06. The zero-order chi connectivity index (χ0) is 11.8. The van der Waals surface area contributed by atoms with Gasteiger partial charge in [-0.1, -0.05) is 12.1 Å². The first-order chi connectivity index (χ1) is 8.22. The van der Waals surface area contributed by atoms with Crippen LogP contribution in [0.5, 0.6) is 5.75 Å². The molecule has 0 aromatic heterocycles. The van der Waals surface area contributed by atoms with E-state index in [2.05, 4.69) is 4.90 Å². The van der Waals surface area contributed by atoms with Crippen molar-refractivity contribution in [1.29, 1.82) is 0 Å². The summed E-state index contributed by atoms with van der Waals surface area (Å²) in [7, 11) is 0. The van der Waals surface area contributed by atoms with Gasteiger partial charge < -0.3 is 10.2 Å². The van der Waals surface area contributed by atoms with Crippen LogP contribution < -0.4 is 0 Å². The molecule has 3 heteroatoms. The van der Waals surface area contributed by atoms with E-state index in [0.29, 0.717) is 17.6 Å². The predicted molar refractivity (Wildman–Crippen MR) is 65.6 cm³/mol. The average Bonchev–Trinajstić information content (AvgIpc) is 2.82. The number of hydrogen-bond acceptors (Lipinski definition) is 3. The number of likely N-dealkylation sites (tertiary alicyclic amines) is 1. The molecule has 3 atom stereocenters. The number of aromatic hydroxyl groups is 1. The van der Waals surface area contributed by atoms with Crippen LogP contribution in [0.25, 0.3) is 0 Å². The van der Waals surface area contributed by atoms with Crippen molar-refractivity contribution < 1.29 is 10.2 Å². The maximum atomic E-state index is 9.86. The lowest BCUT2D eigenvalue weighted by Gasteiger charge is -2.18. The van der Waals surface area contributed by atoms with Crippen molar-refractivity contribution in [3.63, 3.8) is 0 Å². The molecule has 2 N–H and O–H groups in total.